The minimum absolute atomic E-state index is 0.617. The topological polar surface area (TPSA) is 54.2 Å². The molecule has 0 aliphatic rings. The molecule has 2 rings (SSSR count). The largest absolute Gasteiger partial charge is 0.357 e. The van der Waals surface area contributed by atoms with Crippen LogP contribution in [0, 0.1) is 0 Å². The number of hydrogen-bond donors (Lipinski definition) is 2. The lowest BCUT2D eigenvalue weighted by Gasteiger charge is -2.09. The van der Waals surface area contributed by atoms with Crippen molar-refractivity contribution in [3.05, 3.63) is 48.3 Å². The maximum atomic E-state index is 4.57. The Morgan fingerprint density at radius 3 is 2.71 bits per heavy atom. The van der Waals surface area contributed by atoms with E-state index in [4.69, 9.17) is 0 Å². The highest BCUT2D eigenvalue weighted by Crippen LogP contribution is 2.08. The van der Waals surface area contributed by atoms with Crippen molar-refractivity contribution in [2.75, 3.05) is 13.1 Å². The monoisotopic (exact) mass is 285 g/mol. The molecule has 0 saturated heterocycles. The number of hydrogen-bond acceptors (Lipinski definition) is 2. The van der Waals surface area contributed by atoms with Crippen molar-refractivity contribution in [1.29, 1.82) is 0 Å². The fraction of sp³-hybridized carbons (Fsp3) is 0.375. The third kappa shape index (κ3) is 4.63. The molecule has 2 N–H and O–H groups in total. The first-order valence-corrected chi connectivity index (χ1v) is 7.44. The number of rotatable bonds is 6. The van der Waals surface area contributed by atoms with E-state index in [9.17, 15) is 0 Å². The second kappa shape index (κ2) is 8.09. The molecular formula is C16H23N5. The molecule has 0 aliphatic carbocycles. The molecule has 2 aromatic rings. The lowest BCUT2D eigenvalue weighted by atomic mass is 10.3. The van der Waals surface area contributed by atoms with Crippen LogP contribution in [-0.2, 0) is 6.54 Å². The van der Waals surface area contributed by atoms with E-state index in [-0.39, 0.29) is 0 Å². The van der Waals surface area contributed by atoms with Gasteiger partial charge in [-0.15, -0.1) is 0 Å². The third-order valence-corrected chi connectivity index (χ3v) is 2.96. The fourth-order valence-electron chi connectivity index (χ4n) is 1.92. The maximum Gasteiger partial charge on any atom is 0.191 e. The third-order valence-electron chi connectivity index (χ3n) is 2.96. The molecule has 1 heterocycles. The summed E-state index contributed by atoms with van der Waals surface area (Å²) in [5.74, 6) is 0.854. The van der Waals surface area contributed by atoms with Crippen molar-refractivity contribution in [1.82, 2.24) is 20.4 Å². The van der Waals surface area contributed by atoms with Crippen LogP contribution in [0.1, 0.15) is 25.8 Å². The quantitative estimate of drug-likeness (QED) is 0.633. The Hall–Kier alpha value is -2.30. The van der Waals surface area contributed by atoms with Crippen molar-refractivity contribution < 1.29 is 0 Å². The van der Waals surface area contributed by atoms with Gasteiger partial charge in [0.05, 0.1) is 18.4 Å². The molecule has 0 unspecified atom stereocenters. The van der Waals surface area contributed by atoms with Crippen LogP contribution in [0.5, 0.6) is 0 Å². The lowest BCUT2D eigenvalue weighted by molar-refractivity contribution is 0.785. The molecule has 0 saturated carbocycles. The smallest absolute Gasteiger partial charge is 0.191 e. The second-order valence-electron chi connectivity index (χ2n) is 4.75. The van der Waals surface area contributed by atoms with Gasteiger partial charge in [0.2, 0.25) is 0 Å². The first-order chi connectivity index (χ1) is 10.3. The molecule has 0 amide bonds. The number of benzene rings is 1. The zero-order chi connectivity index (χ0) is 14.9. The Morgan fingerprint density at radius 2 is 2.00 bits per heavy atom. The Labute approximate surface area is 126 Å². The van der Waals surface area contributed by atoms with Gasteiger partial charge in [-0.2, -0.15) is 5.10 Å². The first-order valence-electron chi connectivity index (χ1n) is 7.44. The van der Waals surface area contributed by atoms with E-state index in [1.165, 1.54) is 0 Å². The lowest BCUT2D eigenvalue weighted by Crippen LogP contribution is -2.37. The summed E-state index contributed by atoms with van der Waals surface area (Å²) in [5, 5.41) is 10.9. The number of para-hydroxylation sites is 1. The Kier molecular flexibility index (Phi) is 5.82. The van der Waals surface area contributed by atoms with Gasteiger partial charge in [-0.05, 0) is 25.5 Å². The molecule has 112 valence electrons. The Bertz CT molecular complexity index is 559. The van der Waals surface area contributed by atoms with E-state index in [2.05, 4.69) is 34.6 Å². The highest BCUT2D eigenvalue weighted by molar-refractivity contribution is 5.79. The van der Waals surface area contributed by atoms with Gasteiger partial charge < -0.3 is 10.6 Å². The molecule has 0 radical (unpaired) electrons. The fourth-order valence-corrected chi connectivity index (χ4v) is 1.92. The molecule has 0 aliphatic heterocycles. The van der Waals surface area contributed by atoms with E-state index in [0.29, 0.717) is 6.54 Å². The predicted molar refractivity (Wildman–Crippen MR) is 86.7 cm³/mol. The summed E-state index contributed by atoms with van der Waals surface area (Å²) in [6, 6.07) is 10.1. The zero-order valence-corrected chi connectivity index (χ0v) is 12.7. The number of aromatic nitrogens is 2. The van der Waals surface area contributed by atoms with Crippen LogP contribution in [-0.4, -0.2) is 28.8 Å². The minimum atomic E-state index is 0.617. The van der Waals surface area contributed by atoms with E-state index >= 15 is 0 Å². The molecule has 1 aromatic carbocycles. The number of aliphatic imine (C=N–C) groups is 1. The molecule has 0 atom stereocenters. The number of nitrogens with one attached hydrogen (secondary N) is 2. The summed E-state index contributed by atoms with van der Waals surface area (Å²) in [4.78, 5) is 4.57. The van der Waals surface area contributed by atoms with Crippen LogP contribution >= 0.6 is 0 Å². The molecule has 0 bridgehead atoms. The van der Waals surface area contributed by atoms with E-state index in [1.807, 2.05) is 47.4 Å². The summed E-state index contributed by atoms with van der Waals surface area (Å²) in [5.41, 5.74) is 2.15. The van der Waals surface area contributed by atoms with Crippen molar-refractivity contribution in [2.45, 2.75) is 26.8 Å². The van der Waals surface area contributed by atoms with E-state index in [1.54, 1.807) is 0 Å². The molecular weight excluding hydrogens is 262 g/mol. The molecule has 0 spiro atoms. The number of guanidine groups is 1. The van der Waals surface area contributed by atoms with Crippen molar-refractivity contribution >= 4 is 5.96 Å². The van der Waals surface area contributed by atoms with Crippen LogP contribution in [0.25, 0.3) is 5.69 Å². The standard InChI is InChI=1S/C16H23N5/c1-3-10-18-16(17-4-2)19-11-14-12-20-21(13-14)15-8-6-5-7-9-15/h5-9,12-13H,3-4,10-11H2,1-2H3,(H2,17,18,19). The molecule has 5 nitrogen and oxygen atoms in total. The van der Waals surface area contributed by atoms with Crippen LogP contribution in [0.2, 0.25) is 0 Å². The first kappa shape index (κ1) is 15.1. The van der Waals surface area contributed by atoms with Gasteiger partial charge in [-0.3, -0.25) is 0 Å². The highest BCUT2D eigenvalue weighted by atomic mass is 15.3. The average Bonchev–Trinajstić information content (AvgIpc) is 3.00. The van der Waals surface area contributed by atoms with Crippen LogP contribution in [0.3, 0.4) is 0 Å². The van der Waals surface area contributed by atoms with Gasteiger partial charge in [0.15, 0.2) is 5.96 Å². The van der Waals surface area contributed by atoms with Gasteiger partial charge in [0.1, 0.15) is 0 Å². The predicted octanol–water partition coefficient (Wildman–Crippen LogP) is 2.34. The van der Waals surface area contributed by atoms with Gasteiger partial charge in [-0.1, -0.05) is 25.1 Å². The summed E-state index contributed by atoms with van der Waals surface area (Å²) in [6.45, 7) is 6.61. The SMILES string of the molecule is CCCNC(=NCc1cnn(-c2ccccc2)c1)NCC. The van der Waals surface area contributed by atoms with Gasteiger partial charge in [0.25, 0.3) is 0 Å². The second-order valence-corrected chi connectivity index (χ2v) is 4.75. The van der Waals surface area contributed by atoms with Crippen LogP contribution in [0.15, 0.2) is 47.7 Å². The molecule has 21 heavy (non-hydrogen) atoms. The molecule has 0 fully saturated rings. The average molecular weight is 285 g/mol. The van der Waals surface area contributed by atoms with Crippen LogP contribution in [0.4, 0.5) is 0 Å². The van der Waals surface area contributed by atoms with Crippen molar-refractivity contribution in [3.8, 4) is 5.69 Å². The maximum absolute atomic E-state index is 4.57. The van der Waals surface area contributed by atoms with Crippen molar-refractivity contribution in [2.24, 2.45) is 4.99 Å². The van der Waals surface area contributed by atoms with E-state index < -0.39 is 0 Å². The summed E-state index contributed by atoms with van der Waals surface area (Å²) < 4.78 is 1.87. The normalized spacial score (nSPS) is 11.4. The van der Waals surface area contributed by atoms with Crippen LogP contribution < -0.4 is 10.6 Å². The zero-order valence-electron chi connectivity index (χ0n) is 12.7. The Balaban J connectivity index is 2.01. The minimum Gasteiger partial charge on any atom is -0.357 e. The summed E-state index contributed by atoms with van der Waals surface area (Å²) >= 11 is 0. The van der Waals surface area contributed by atoms with E-state index in [0.717, 1.165) is 36.7 Å². The highest BCUT2D eigenvalue weighted by Gasteiger charge is 2.01. The Morgan fingerprint density at radius 1 is 1.19 bits per heavy atom. The van der Waals surface area contributed by atoms with Crippen molar-refractivity contribution in [3.63, 3.8) is 0 Å². The molecule has 5 heteroatoms. The van der Waals surface area contributed by atoms with Gasteiger partial charge in [0, 0.05) is 24.8 Å². The summed E-state index contributed by atoms with van der Waals surface area (Å²) in [6.07, 6.45) is 4.96. The molecule has 1 aromatic heterocycles. The van der Waals surface area contributed by atoms with Gasteiger partial charge in [-0.25, -0.2) is 9.67 Å². The number of nitrogens with zero attached hydrogens (tertiary/aromatic N) is 3. The summed E-state index contributed by atoms with van der Waals surface area (Å²) in [7, 11) is 0. The van der Waals surface area contributed by atoms with Gasteiger partial charge >= 0.3 is 0 Å².